The van der Waals surface area contributed by atoms with E-state index in [0.29, 0.717) is 0 Å². The highest BCUT2D eigenvalue weighted by Gasteiger charge is 1.92. The van der Waals surface area contributed by atoms with Crippen molar-refractivity contribution in [1.82, 2.24) is 0 Å². The van der Waals surface area contributed by atoms with Gasteiger partial charge in [-0.15, -0.1) is 11.6 Å². The van der Waals surface area contributed by atoms with Crippen LogP contribution < -0.4 is 0 Å². The number of halogens is 1. The average Bonchev–Trinajstić information content (AvgIpc) is 1.93. The summed E-state index contributed by atoms with van der Waals surface area (Å²) < 4.78 is 0. The van der Waals surface area contributed by atoms with Crippen molar-refractivity contribution in [1.29, 1.82) is 0 Å². The second kappa shape index (κ2) is 11.1. The number of nitrogens with zero attached hydrogens (tertiary/aromatic N) is 3. The van der Waals surface area contributed by atoms with Crippen molar-refractivity contribution in [3.63, 3.8) is 0 Å². The molecule has 0 radical (unpaired) electrons. The molecular formula is C5H10ClN3O. The zero-order valence-electron chi connectivity index (χ0n) is 6.04. The third-order valence-corrected chi connectivity index (χ3v) is 0.654. The third-order valence-electron chi connectivity index (χ3n) is 0.465. The summed E-state index contributed by atoms with van der Waals surface area (Å²) in [6.45, 7) is 4.00. The van der Waals surface area contributed by atoms with Gasteiger partial charge in [0.05, 0.1) is 0 Å². The molecule has 0 atom stereocenters. The van der Waals surface area contributed by atoms with Gasteiger partial charge in [-0.1, -0.05) is 13.8 Å². The molecule has 0 rings (SSSR count). The van der Waals surface area contributed by atoms with Crippen LogP contribution in [0.3, 0.4) is 0 Å². The van der Waals surface area contributed by atoms with Crippen molar-refractivity contribution < 1.29 is 4.79 Å². The smallest absolute Gasteiger partial charge is 0.220 e. The monoisotopic (exact) mass is 163 g/mol. The average molecular weight is 164 g/mol. The molecule has 1 amide bonds. The number of carbonyl (C=O) groups is 1. The molecule has 0 aliphatic rings. The minimum atomic E-state index is -0.512. The van der Waals surface area contributed by atoms with Gasteiger partial charge in [-0.3, -0.25) is 4.79 Å². The van der Waals surface area contributed by atoms with Crippen LogP contribution in [0.2, 0.25) is 0 Å². The molecule has 0 saturated heterocycles. The fourth-order valence-electron chi connectivity index (χ4n) is 0.181. The number of hydrogen-bond acceptors (Lipinski definition) is 1. The van der Waals surface area contributed by atoms with E-state index in [1.165, 1.54) is 0 Å². The van der Waals surface area contributed by atoms with E-state index in [4.69, 9.17) is 17.1 Å². The van der Waals surface area contributed by atoms with Gasteiger partial charge >= 0.3 is 0 Å². The second-order valence-electron chi connectivity index (χ2n) is 1.02. The standard InChI is InChI=1S/C3H4ClN3O.C2H6/c4-2-1-3(8)6-7-5;1-2/h1-2H2;1-2H3. The Morgan fingerprint density at radius 1 is 1.70 bits per heavy atom. The minimum Gasteiger partial charge on any atom is -0.293 e. The van der Waals surface area contributed by atoms with E-state index < -0.39 is 5.91 Å². The molecule has 0 spiro atoms. The number of hydrogen-bond donors (Lipinski definition) is 0. The summed E-state index contributed by atoms with van der Waals surface area (Å²) in [5, 5.41) is 2.77. The van der Waals surface area contributed by atoms with Crippen LogP contribution in [0.5, 0.6) is 0 Å². The highest BCUT2D eigenvalue weighted by molar-refractivity contribution is 6.18. The zero-order chi connectivity index (χ0) is 8.41. The second-order valence-corrected chi connectivity index (χ2v) is 1.40. The molecular weight excluding hydrogens is 154 g/mol. The Labute approximate surface area is 64.8 Å². The topological polar surface area (TPSA) is 65.8 Å². The highest BCUT2D eigenvalue weighted by Crippen LogP contribution is 1.87. The van der Waals surface area contributed by atoms with Crippen LogP contribution in [0.4, 0.5) is 0 Å². The third kappa shape index (κ3) is 10.3. The van der Waals surface area contributed by atoms with Crippen molar-refractivity contribution in [2.75, 3.05) is 5.88 Å². The van der Waals surface area contributed by atoms with Crippen LogP contribution in [0.1, 0.15) is 20.3 Å². The SMILES string of the molecule is CC.[N-]=[N+]=NC(=O)CCCl. The highest BCUT2D eigenvalue weighted by atomic mass is 35.5. The lowest BCUT2D eigenvalue weighted by molar-refractivity contribution is -0.117. The maximum absolute atomic E-state index is 10.1. The van der Waals surface area contributed by atoms with Crippen LogP contribution >= 0.6 is 11.6 Å². The summed E-state index contributed by atoms with van der Waals surface area (Å²) in [5.74, 6) is -0.305. The Hall–Kier alpha value is -0.730. The molecule has 0 aromatic rings. The lowest BCUT2D eigenvalue weighted by atomic mass is 10.5. The molecule has 0 aromatic carbocycles. The van der Waals surface area contributed by atoms with Crippen LogP contribution in [0, 0.1) is 0 Å². The van der Waals surface area contributed by atoms with Gasteiger partial charge in [0.2, 0.25) is 5.91 Å². The van der Waals surface area contributed by atoms with Crippen molar-refractivity contribution in [3.8, 4) is 0 Å². The van der Waals surface area contributed by atoms with Gasteiger partial charge in [0, 0.05) is 17.2 Å². The summed E-state index contributed by atoms with van der Waals surface area (Å²) in [5.41, 5.74) is 7.66. The fourth-order valence-corrected chi connectivity index (χ4v) is 0.342. The van der Waals surface area contributed by atoms with Crippen LogP contribution in [-0.2, 0) is 4.79 Å². The first-order chi connectivity index (χ1) is 4.81. The lowest BCUT2D eigenvalue weighted by Gasteiger charge is -1.80. The van der Waals surface area contributed by atoms with Crippen LogP contribution in [0.15, 0.2) is 5.11 Å². The molecule has 58 valence electrons. The molecule has 4 nitrogen and oxygen atoms in total. The van der Waals surface area contributed by atoms with Crippen molar-refractivity contribution in [2.24, 2.45) is 5.11 Å². The van der Waals surface area contributed by atoms with E-state index >= 15 is 0 Å². The maximum Gasteiger partial charge on any atom is 0.220 e. The minimum absolute atomic E-state index is 0.117. The summed E-state index contributed by atoms with van der Waals surface area (Å²) in [6, 6.07) is 0. The first-order valence-electron chi connectivity index (χ1n) is 2.95. The molecule has 0 fully saturated rings. The van der Waals surface area contributed by atoms with Crippen molar-refractivity contribution >= 4 is 17.5 Å². The van der Waals surface area contributed by atoms with Gasteiger partial charge in [-0.2, -0.15) is 0 Å². The number of amides is 1. The predicted molar refractivity (Wildman–Crippen MR) is 40.8 cm³/mol. The normalized spacial score (nSPS) is 6.70. The molecule has 0 saturated carbocycles. The molecule has 10 heavy (non-hydrogen) atoms. The Kier molecular flexibility index (Phi) is 13.3. The molecule has 0 N–H and O–H groups in total. The largest absolute Gasteiger partial charge is 0.293 e. The van der Waals surface area contributed by atoms with Crippen molar-refractivity contribution in [3.05, 3.63) is 10.4 Å². The van der Waals surface area contributed by atoms with Gasteiger partial charge in [-0.05, 0) is 10.6 Å². The maximum atomic E-state index is 10.1. The van der Waals surface area contributed by atoms with E-state index in [1.807, 2.05) is 13.8 Å². The molecule has 0 aromatic heterocycles. The quantitative estimate of drug-likeness (QED) is 0.267. The Balaban J connectivity index is 0. The van der Waals surface area contributed by atoms with Gasteiger partial charge in [0.15, 0.2) is 0 Å². The summed E-state index contributed by atoms with van der Waals surface area (Å²) in [4.78, 5) is 12.4. The van der Waals surface area contributed by atoms with Gasteiger partial charge in [0.25, 0.3) is 0 Å². The number of alkyl halides is 1. The summed E-state index contributed by atoms with van der Waals surface area (Å²) in [7, 11) is 0. The molecule has 5 heteroatoms. The molecule has 0 aliphatic carbocycles. The zero-order valence-corrected chi connectivity index (χ0v) is 6.80. The number of azide groups is 1. The van der Waals surface area contributed by atoms with Gasteiger partial charge in [0.1, 0.15) is 0 Å². The summed E-state index contributed by atoms with van der Waals surface area (Å²) in [6.07, 6.45) is 0.117. The van der Waals surface area contributed by atoms with Crippen LogP contribution in [-0.4, -0.2) is 11.8 Å². The number of carbonyl (C=O) groups excluding carboxylic acids is 1. The molecule has 0 bridgehead atoms. The summed E-state index contributed by atoms with van der Waals surface area (Å²) >= 11 is 5.13. The molecule has 0 aliphatic heterocycles. The lowest BCUT2D eigenvalue weighted by Crippen LogP contribution is -1.90. The Bertz CT molecular complexity index is 131. The molecule has 0 heterocycles. The first-order valence-corrected chi connectivity index (χ1v) is 3.48. The molecule has 0 unspecified atom stereocenters. The Morgan fingerprint density at radius 2 is 2.20 bits per heavy atom. The Morgan fingerprint density at radius 3 is 2.50 bits per heavy atom. The van der Waals surface area contributed by atoms with E-state index in [9.17, 15) is 4.79 Å². The number of rotatable bonds is 2. The van der Waals surface area contributed by atoms with Crippen LogP contribution in [0.25, 0.3) is 10.4 Å². The van der Waals surface area contributed by atoms with Gasteiger partial charge in [-0.25, -0.2) is 0 Å². The van der Waals surface area contributed by atoms with E-state index in [-0.39, 0.29) is 12.3 Å². The first kappa shape index (κ1) is 12.0. The van der Waals surface area contributed by atoms with Crippen molar-refractivity contribution in [2.45, 2.75) is 20.3 Å². The van der Waals surface area contributed by atoms with E-state index in [1.54, 1.807) is 0 Å². The fraction of sp³-hybridized carbons (Fsp3) is 0.800. The predicted octanol–water partition coefficient (Wildman–Crippen LogP) is 2.48. The van der Waals surface area contributed by atoms with E-state index in [2.05, 4.69) is 10.0 Å². The van der Waals surface area contributed by atoms with E-state index in [0.717, 1.165) is 0 Å². The van der Waals surface area contributed by atoms with Gasteiger partial charge < -0.3 is 0 Å².